The van der Waals surface area contributed by atoms with Gasteiger partial charge in [0, 0.05) is 29.8 Å². The van der Waals surface area contributed by atoms with Crippen LogP contribution in [0.1, 0.15) is 28.8 Å². The number of amides is 2. The van der Waals surface area contributed by atoms with Gasteiger partial charge in [-0.1, -0.05) is 18.2 Å². The van der Waals surface area contributed by atoms with Crippen molar-refractivity contribution in [2.45, 2.75) is 23.8 Å². The molecule has 0 saturated carbocycles. The second kappa shape index (κ2) is 7.80. The van der Waals surface area contributed by atoms with Crippen LogP contribution in [0.25, 0.3) is 0 Å². The van der Waals surface area contributed by atoms with Crippen molar-refractivity contribution in [3.05, 3.63) is 69.8 Å². The van der Waals surface area contributed by atoms with Crippen LogP contribution in [0.15, 0.2) is 57.8 Å². The molecule has 1 fully saturated rings. The number of non-ortho nitro benzene ring substituents is 1. The Morgan fingerprint density at radius 3 is 2.68 bits per heavy atom. The molecule has 0 aliphatic carbocycles. The van der Waals surface area contributed by atoms with E-state index in [0.717, 1.165) is 6.07 Å². The molecule has 0 aromatic heterocycles. The first-order valence-electron chi connectivity index (χ1n) is 9.33. The number of likely N-dealkylation sites (tertiary alicyclic amines) is 1. The Hall–Kier alpha value is -3.80. The summed E-state index contributed by atoms with van der Waals surface area (Å²) in [6.07, 6.45) is 1.08. The molecule has 160 valence electrons. The van der Waals surface area contributed by atoms with E-state index in [4.69, 9.17) is 0 Å². The monoisotopic (exact) mass is 443 g/mol. The summed E-state index contributed by atoms with van der Waals surface area (Å²) < 4.78 is 28.5. The fourth-order valence-electron chi connectivity index (χ4n) is 3.62. The molecule has 2 heterocycles. The lowest BCUT2D eigenvalue weighted by Gasteiger charge is -2.25. The maximum absolute atomic E-state index is 12.7. The molecule has 0 bridgehead atoms. The average molecular weight is 443 g/mol. The van der Waals surface area contributed by atoms with Gasteiger partial charge >= 0.3 is 0 Å². The zero-order valence-electron chi connectivity index (χ0n) is 16.0. The molecule has 31 heavy (non-hydrogen) atoms. The molecule has 2 aliphatic rings. The highest BCUT2D eigenvalue weighted by Crippen LogP contribution is 2.31. The minimum Gasteiger partial charge on any atom is -0.343 e. The van der Waals surface area contributed by atoms with E-state index < -0.39 is 32.8 Å². The first kappa shape index (κ1) is 20.5. The number of hydrazine groups is 1. The number of hydrogen-bond donors (Lipinski definition) is 2. The van der Waals surface area contributed by atoms with Gasteiger partial charge in [0.15, 0.2) is 5.84 Å². The Labute approximate surface area is 176 Å². The minimum absolute atomic E-state index is 0.0120. The van der Waals surface area contributed by atoms with Gasteiger partial charge in [-0.15, -0.1) is 4.40 Å². The quantitative estimate of drug-likeness (QED) is 0.530. The number of sulfonamides is 1. The lowest BCUT2D eigenvalue weighted by molar-refractivity contribution is -0.384. The minimum atomic E-state index is -3.82. The lowest BCUT2D eigenvalue weighted by Crippen LogP contribution is -2.51. The summed E-state index contributed by atoms with van der Waals surface area (Å²) in [7, 11) is -3.82. The third kappa shape index (κ3) is 3.84. The normalized spacial score (nSPS) is 18.8. The molecule has 0 unspecified atom stereocenters. The molecule has 12 heteroatoms. The second-order valence-electron chi connectivity index (χ2n) is 6.99. The van der Waals surface area contributed by atoms with E-state index in [0.29, 0.717) is 24.9 Å². The van der Waals surface area contributed by atoms with Crippen LogP contribution in [0.5, 0.6) is 0 Å². The Morgan fingerprint density at radius 1 is 1.13 bits per heavy atom. The third-order valence-corrected chi connectivity index (χ3v) is 6.38. The first-order chi connectivity index (χ1) is 14.8. The van der Waals surface area contributed by atoms with Crippen molar-refractivity contribution in [3.8, 4) is 0 Å². The zero-order valence-corrected chi connectivity index (χ0v) is 16.8. The van der Waals surface area contributed by atoms with Gasteiger partial charge in [-0.25, -0.2) is 0 Å². The van der Waals surface area contributed by atoms with Gasteiger partial charge in [0.2, 0.25) is 0 Å². The summed E-state index contributed by atoms with van der Waals surface area (Å²) in [5.74, 6) is -1.05. The number of carbonyl (C=O) groups is 2. The van der Waals surface area contributed by atoms with Crippen LogP contribution in [0.4, 0.5) is 5.69 Å². The fraction of sp³-hybridized carbons (Fsp3) is 0.211. The Kier molecular flexibility index (Phi) is 5.15. The van der Waals surface area contributed by atoms with Crippen LogP contribution in [-0.2, 0) is 14.8 Å². The predicted octanol–water partition coefficient (Wildman–Crippen LogP) is 0.969. The Morgan fingerprint density at radius 2 is 1.90 bits per heavy atom. The van der Waals surface area contributed by atoms with Crippen molar-refractivity contribution in [1.29, 1.82) is 0 Å². The fourth-order valence-corrected chi connectivity index (χ4v) is 4.84. The third-order valence-electron chi connectivity index (χ3n) is 5.06. The van der Waals surface area contributed by atoms with Crippen molar-refractivity contribution in [1.82, 2.24) is 15.8 Å². The van der Waals surface area contributed by atoms with Crippen LogP contribution in [0.2, 0.25) is 0 Å². The van der Waals surface area contributed by atoms with E-state index in [9.17, 15) is 28.1 Å². The number of rotatable bonds is 3. The zero-order chi connectivity index (χ0) is 22.2. The standard InChI is InChI=1S/C19H17N5O6S/c25-18(12-5-3-6-13(11-12)24(27)28)20-21-19(26)15-8-4-10-23(15)17-14-7-1-2-9-16(14)31(29,30)22-17/h1-3,5-7,9,11,15H,4,8,10H2,(H,20,25)(H,21,26)/t15-/m0/s1. The molecule has 2 amide bonds. The highest BCUT2D eigenvalue weighted by molar-refractivity contribution is 7.90. The van der Waals surface area contributed by atoms with Crippen LogP contribution < -0.4 is 10.9 Å². The number of nitrogens with one attached hydrogen (secondary N) is 2. The predicted molar refractivity (Wildman–Crippen MR) is 109 cm³/mol. The molecule has 2 aromatic rings. The summed E-state index contributed by atoms with van der Waals surface area (Å²) >= 11 is 0. The molecular formula is C19H17N5O6S. The molecule has 2 aromatic carbocycles. The first-order valence-corrected chi connectivity index (χ1v) is 10.8. The molecule has 0 radical (unpaired) electrons. The summed E-state index contributed by atoms with van der Waals surface area (Å²) in [4.78, 5) is 36.9. The smallest absolute Gasteiger partial charge is 0.285 e. The van der Waals surface area contributed by atoms with Gasteiger partial charge < -0.3 is 4.90 Å². The summed E-state index contributed by atoms with van der Waals surface area (Å²) in [5.41, 5.74) is 4.75. The van der Waals surface area contributed by atoms with Gasteiger partial charge in [0.25, 0.3) is 27.5 Å². The van der Waals surface area contributed by atoms with E-state index >= 15 is 0 Å². The highest BCUT2D eigenvalue weighted by atomic mass is 32.2. The topological polar surface area (TPSA) is 151 Å². The van der Waals surface area contributed by atoms with E-state index in [1.54, 1.807) is 23.1 Å². The van der Waals surface area contributed by atoms with Crippen molar-refractivity contribution < 1.29 is 22.9 Å². The molecule has 2 N–H and O–H groups in total. The lowest BCUT2D eigenvalue weighted by atomic mass is 10.1. The van der Waals surface area contributed by atoms with Gasteiger partial charge in [-0.05, 0) is 31.0 Å². The number of nitro benzene ring substituents is 1. The van der Waals surface area contributed by atoms with Gasteiger partial charge in [0.1, 0.15) is 10.9 Å². The van der Waals surface area contributed by atoms with Crippen LogP contribution >= 0.6 is 0 Å². The number of nitro groups is 1. The summed E-state index contributed by atoms with van der Waals surface area (Å²) in [5, 5.41) is 10.9. The van der Waals surface area contributed by atoms with Crippen LogP contribution in [0.3, 0.4) is 0 Å². The van der Waals surface area contributed by atoms with E-state index in [2.05, 4.69) is 15.2 Å². The molecule has 1 atom stereocenters. The number of carbonyl (C=O) groups excluding carboxylic acids is 2. The number of hydrogen-bond acceptors (Lipinski definition) is 7. The van der Waals surface area contributed by atoms with E-state index in [1.807, 2.05) is 0 Å². The van der Waals surface area contributed by atoms with E-state index in [1.165, 1.54) is 24.3 Å². The number of benzene rings is 2. The largest absolute Gasteiger partial charge is 0.343 e. The van der Waals surface area contributed by atoms with E-state index in [-0.39, 0.29) is 22.0 Å². The van der Waals surface area contributed by atoms with Crippen molar-refractivity contribution >= 4 is 33.4 Å². The molecule has 4 rings (SSSR count). The maximum Gasteiger partial charge on any atom is 0.285 e. The molecule has 0 spiro atoms. The number of nitrogens with zero attached hydrogens (tertiary/aromatic N) is 3. The number of fused-ring (bicyclic) bond motifs is 1. The number of amidine groups is 1. The second-order valence-corrected chi connectivity index (χ2v) is 8.56. The van der Waals surface area contributed by atoms with Crippen molar-refractivity contribution in [2.24, 2.45) is 4.40 Å². The highest BCUT2D eigenvalue weighted by Gasteiger charge is 2.39. The summed E-state index contributed by atoms with van der Waals surface area (Å²) in [6.45, 7) is 0.430. The van der Waals surface area contributed by atoms with Crippen molar-refractivity contribution in [3.63, 3.8) is 0 Å². The average Bonchev–Trinajstić information content (AvgIpc) is 3.35. The van der Waals surface area contributed by atoms with Gasteiger partial charge in [0.05, 0.1) is 4.92 Å². The Balaban J connectivity index is 1.48. The van der Waals surface area contributed by atoms with Crippen molar-refractivity contribution in [2.75, 3.05) is 6.54 Å². The van der Waals surface area contributed by atoms with Crippen LogP contribution in [0, 0.1) is 10.1 Å². The maximum atomic E-state index is 12.7. The molecular weight excluding hydrogens is 426 g/mol. The van der Waals surface area contributed by atoms with Gasteiger partial charge in [-0.3, -0.25) is 30.6 Å². The molecule has 1 saturated heterocycles. The van der Waals surface area contributed by atoms with Crippen LogP contribution in [-0.4, -0.2) is 48.5 Å². The molecule has 2 aliphatic heterocycles. The Bertz CT molecular complexity index is 1230. The summed E-state index contributed by atoms with van der Waals surface area (Å²) in [6, 6.07) is 10.8. The molecule has 11 nitrogen and oxygen atoms in total. The van der Waals surface area contributed by atoms with Gasteiger partial charge in [-0.2, -0.15) is 8.42 Å². The SMILES string of the molecule is O=C(NNC(=O)[C@@H]1CCCN1C1=NS(=O)(=O)c2ccccc21)c1cccc([N+](=O)[O-])c1.